The zero-order valence-corrected chi connectivity index (χ0v) is 17.8. The number of hydrogen-bond donors (Lipinski definition) is 3. The van der Waals surface area contributed by atoms with Crippen molar-refractivity contribution in [1.29, 1.82) is 5.26 Å². The van der Waals surface area contributed by atoms with Gasteiger partial charge in [-0.3, -0.25) is 4.21 Å². The minimum absolute atomic E-state index is 0.0488. The largest absolute Gasteiger partial charge is 0.392 e. The molecule has 1 fully saturated rings. The van der Waals surface area contributed by atoms with Gasteiger partial charge in [-0.05, 0) is 45.9 Å². The van der Waals surface area contributed by atoms with Gasteiger partial charge in [0, 0.05) is 29.2 Å². The number of rotatable bonds is 7. The summed E-state index contributed by atoms with van der Waals surface area (Å²) in [5, 5.41) is 25.7. The number of aliphatic hydroxyl groups is 1. The summed E-state index contributed by atoms with van der Waals surface area (Å²) in [6, 6.07) is 9.74. The van der Waals surface area contributed by atoms with Crippen LogP contribution in [-0.2, 0) is 15.9 Å². The van der Waals surface area contributed by atoms with Crippen molar-refractivity contribution in [2.45, 2.75) is 43.7 Å². The molecular formula is C21H27N5O2S. The summed E-state index contributed by atoms with van der Waals surface area (Å²) in [4.78, 5) is 9.40. The normalized spacial score (nSPS) is 22.0. The van der Waals surface area contributed by atoms with E-state index in [4.69, 9.17) is 0 Å². The van der Waals surface area contributed by atoms with Gasteiger partial charge in [-0.2, -0.15) is 10.2 Å². The van der Waals surface area contributed by atoms with Gasteiger partial charge in [-0.15, -0.1) is 0 Å². The molecule has 0 bridgehead atoms. The zero-order valence-electron chi connectivity index (χ0n) is 17.0. The van der Waals surface area contributed by atoms with Gasteiger partial charge >= 0.3 is 0 Å². The van der Waals surface area contributed by atoms with Gasteiger partial charge in [0.05, 0.1) is 12.3 Å². The van der Waals surface area contributed by atoms with E-state index in [0.29, 0.717) is 30.3 Å². The van der Waals surface area contributed by atoms with Crippen LogP contribution >= 0.6 is 0 Å². The van der Waals surface area contributed by atoms with Crippen LogP contribution in [0.25, 0.3) is 0 Å². The number of aromatic nitrogens is 2. The van der Waals surface area contributed by atoms with Gasteiger partial charge in [-0.25, -0.2) is 4.98 Å². The van der Waals surface area contributed by atoms with Crippen molar-refractivity contribution in [2.75, 3.05) is 23.4 Å². The molecule has 1 aliphatic rings. The number of nitrogens with one attached hydrogen (secondary N) is 2. The summed E-state index contributed by atoms with van der Waals surface area (Å²) >= 11 is 0. The van der Waals surface area contributed by atoms with Crippen molar-refractivity contribution in [3.05, 3.63) is 41.6 Å². The van der Waals surface area contributed by atoms with Crippen LogP contribution in [0.1, 0.15) is 31.4 Å². The number of aliphatic hydroxyl groups excluding tert-OH is 1. The number of hydrogen-bond acceptors (Lipinski definition) is 7. The van der Waals surface area contributed by atoms with Crippen molar-refractivity contribution < 1.29 is 9.32 Å². The summed E-state index contributed by atoms with van der Waals surface area (Å²) in [6.07, 6.45) is 4.14. The molecule has 0 saturated heterocycles. The van der Waals surface area contributed by atoms with Crippen LogP contribution in [0.15, 0.2) is 35.4 Å². The van der Waals surface area contributed by atoms with E-state index >= 15 is 0 Å². The summed E-state index contributed by atoms with van der Waals surface area (Å²) in [5.74, 6) is 4.61. The SMILES string of the molecule is C=S(C)(=O)c1ccc(CCNc2ncc(C#N)c(N[C@@H]3C[C@H](O)C3(C)C)n2)cc1. The summed E-state index contributed by atoms with van der Waals surface area (Å²) in [6.45, 7) is 4.59. The van der Waals surface area contributed by atoms with Gasteiger partial charge in [-0.1, -0.05) is 26.0 Å². The van der Waals surface area contributed by atoms with Crippen molar-refractivity contribution >= 4 is 27.2 Å². The van der Waals surface area contributed by atoms with Crippen LogP contribution < -0.4 is 10.6 Å². The summed E-state index contributed by atoms with van der Waals surface area (Å²) < 4.78 is 12.0. The first-order valence-electron chi connectivity index (χ1n) is 9.48. The highest BCUT2D eigenvalue weighted by molar-refractivity contribution is 7.99. The second-order valence-corrected chi connectivity index (χ2v) is 10.6. The quantitative estimate of drug-likeness (QED) is 0.597. The fraction of sp³-hybridized carbons (Fsp3) is 0.429. The van der Waals surface area contributed by atoms with Gasteiger partial charge in [0.15, 0.2) is 0 Å². The van der Waals surface area contributed by atoms with E-state index in [1.807, 2.05) is 38.1 Å². The Bertz CT molecular complexity index is 1030. The average Bonchev–Trinajstić information content (AvgIpc) is 2.68. The van der Waals surface area contributed by atoms with E-state index in [2.05, 4.69) is 32.5 Å². The molecule has 1 aliphatic carbocycles. The highest BCUT2D eigenvalue weighted by Gasteiger charge is 2.47. The molecule has 1 unspecified atom stereocenters. The molecule has 0 amide bonds. The molecule has 8 heteroatoms. The number of nitrogens with zero attached hydrogens (tertiary/aromatic N) is 3. The van der Waals surface area contributed by atoms with Crippen molar-refractivity contribution in [1.82, 2.24) is 9.97 Å². The van der Waals surface area contributed by atoms with Gasteiger partial charge in [0.1, 0.15) is 17.5 Å². The smallest absolute Gasteiger partial charge is 0.224 e. The first-order chi connectivity index (χ1) is 13.6. The van der Waals surface area contributed by atoms with Crippen molar-refractivity contribution in [3.8, 4) is 6.07 Å². The second kappa shape index (κ2) is 8.01. The molecule has 1 aromatic carbocycles. The van der Waals surface area contributed by atoms with Gasteiger partial charge < -0.3 is 15.7 Å². The van der Waals surface area contributed by atoms with E-state index in [0.717, 1.165) is 16.9 Å². The van der Waals surface area contributed by atoms with Gasteiger partial charge in [0.2, 0.25) is 5.95 Å². The first-order valence-corrected chi connectivity index (χ1v) is 11.6. The van der Waals surface area contributed by atoms with Crippen LogP contribution in [0.5, 0.6) is 0 Å². The Morgan fingerprint density at radius 2 is 2.07 bits per heavy atom. The lowest BCUT2D eigenvalue weighted by Gasteiger charge is -2.49. The molecule has 154 valence electrons. The standard InChI is InChI=1S/C21H27N5O2S/c1-21(2)17(11-18(21)27)25-19-15(12-22)13-24-20(26-19)23-10-9-14-5-7-16(8-6-14)29(3,4)28/h5-8,13,17-18,27H,3,9-11H2,1-2,4H3,(H2,23,24,25,26)/t17-,18+,29?/m1/s1. The molecule has 3 atom stereocenters. The van der Waals surface area contributed by atoms with E-state index < -0.39 is 9.52 Å². The zero-order chi connectivity index (χ0) is 21.2. The minimum atomic E-state index is -2.20. The number of anilines is 2. The predicted octanol–water partition coefficient (Wildman–Crippen LogP) is 2.28. The monoisotopic (exact) mass is 413 g/mol. The maximum absolute atomic E-state index is 12.0. The molecule has 0 spiro atoms. The molecule has 3 N–H and O–H groups in total. The molecule has 1 heterocycles. The molecule has 2 aromatic rings. The van der Waals surface area contributed by atoms with Gasteiger partial charge in [0.25, 0.3) is 0 Å². The molecule has 1 saturated carbocycles. The highest BCUT2D eigenvalue weighted by Crippen LogP contribution is 2.42. The Hall–Kier alpha value is -2.63. The Morgan fingerprint density at radius 3 is 2.62 bits per heavy atom. The van der Waals surface area contributed by atoms with Crippen LogP contribution in [0.3, 0.4) is 0 Å². The maximum Gasteiger partial charge on any atom is 0.224 e. The third-order valence-corrected chi connectivity index (χ3v) is 6.82. The van der Waals surface area contributed by atoms with Crippen LogP contribution in [0.4, 0.5) is 11.8 Å². The minimum Gasteiger partial charge on any atom is -0.392 e. The number of benzene rings is 1. The maximum atomic E-state index is 12.0. The van der Waals surface area contributed by atoms with Crippen LogP contribution in [0.2, 0.25) is 0 Å². The molecular weight excluding hydrogens is 386 g/mol. The lowest BCUT2D eigenvalue weighted by Crippen LogP contribution is -2.57. The Labute approximate surface area is 172 Å². The lowest BCUT2D eigenvalue weighted by molar-refractivity contribution is -0.0511. The average molecular weight is 414 g/mol. The second-order valence-electron chi connectivity index (χ2n) is 8.16. The molecule has 1 aromatic heterocycles. The Morgan fingerprint density at radius 1 is 1.38 bits per heavy atom. The molecule has 0 aliphatic heterocycles. The fourth-order valence-corrected chi connectivity index (χ4v) is 3.95. The van der Waals surface area contributed by atoms with E-state index in [-0.39, 0.29) is 17.6 Å². The topological polar surface area (TPSA) is 111 Å². The number of nitriles is 1. The van der Waals surface area contributed by atoms with E-state index in [1.165, 1.54) is 6.20 Å². The molecule has 7 nitrogen and oxygen atoms in total. The van der Waals surface area contributed by atoms with E-state index in [1.54, 1.807) is 6.26 Å². The third-order valence-electron chi connectivity index (χ3n) is 5.55. The predicted molar refractivity (Wildman–Crippen MR) is 117 cm³/mol. The van der Waals surface area contributed by atoms with E-state index in [9.17, 15) is 14.6 Å². The fourth-order valence-electron chi connectivity index (χ4n) is 3.23. The van der Waals surface area contributed by atoms with Crippen LogP contribution in [-0.4, -0.2) is 50.1 Å². The molecule has 3 rings (SSSR count). The first kappa shape index (κ1) is 21.1. The molecule has 29 heavy (non-hydrogen) atoms. The highest BCUT2D eigenvalue weighted by atomic mass is 32.2. The van der Waals surface area contributed by atoms with Crippen LogP contribution in [0, 0.1) is 16.7 Å². The summed E-state index contributed by atoms with van der Waals surface area (Å²) in [5.41, 5.74) is 1.20. The van der Waals surface area contributed by atoms with Crippen molar-refractivity contribution in [2.24, 2.45) is 5.41 Å². The van der Waals surface area contributed by atoms with Crippen molar-refractivity contribution in [3.63, 3.8) is 0 Å². The summed E-state index contributed by atoms with van der Waals surface area (Å²) in [7, 11) is -2.20. The Balaban J connectivity index is 1.62. The lowest BCUT2D eigenvalue weighted by atomic mass is 9.64. The Kier molecular flexibility index (Phi) is 5.82. The third kappa shape index (κ3) is 4.69. The molecule has 0 radical (unpaired) electrons.